The molecule has 0 saturated carbocycles. The number of carbonyl (C=O) groups is 1. The van der Waals surface area contributed by atoms with E-state index in [0.717, 1.165) is 0 Å². The number of phenols is 1. The van der Waals surface area contributed by atoms with E-state index in [1.165, 1.54) is 11.0 Å². The second-order valence-electron chi connectivity index (χ2n) is 4.28. The van der Waals surface area contributed by atoms with Gasteiger partial charge in [-0.1, -0.05) is 23.7 Å². The van der Waals surface area contributed by atoms with E-state index < -0.39 is 0 Å². The van der Waals surface area contributed by atoms with Crippen LogP contribution in [0.3, 0.4) is 0 Å². The van der Waals surface area contributed by atoms with Gasteiger partial charge < -0.3 is 15.7 Å². The number of nitrogens with zero attached hydrogens (tertiary/aromatic N) is 1. The highest BCUT2D eigenvalue weighted by molar-refractivity contribution is 6.36. The number of benzene rings is 2. The molecule has 3 N–H and O–H groups in total. The van der Waals surface area contributed by atoms with E-state index in [2.05, 4.69) is 0 Å². The smallest absolute Gasteiger partial charge is 0.259 e. The Morgan fingerprint density at radius 1 is 1.30 bits per heavy atom. The summed E-state index contributed by atoms with van der Waals surface area (Å²) in [5, 5.41) is 9.77. The molecule has 0 radical (unpaired) electrons. The standard InChI is InChI=1S/C15H15ClN2O2/c1-2-18(10-5-3-6-11(19)9-10)15(20)12-7-4-8-13(17)14(12)16/h3-9,19H,2,17H2,1H3. The molecule has 0 unspecified atom stereocenters. The van der Waals surface area contributed by atoms with E-state index in [4.69, 9.17) is 17.3 Å². The molecule has 0 bridgehead atoms. The lowest BCUT2D eigenvalue weighted by atomic mass is 10.1. The molecular formula is C15H15ClN2O2. The molecule has 0 saturated heterocycles. The average molecular weight is 291 g/mol. The third-order valence-corrected chi connectivity index (χ3v) is 3.38. The van der Waals surface area contributed by atoms with Crippen LogP contribution in [0.15, 0.2) is 42.5 Å². The molecule has 4 nitrogen and oxygen atoms in total. The zero-order valence-corrected chi connectivity index (χ0v) is 11.8. The van der Waals surface area contributed by atoms with Gasteiger partial charge in [-0.15, -0.1) is 0 Å². The van der Waals surface area contributed by atoms with Crippen LogP contribution in [0.5, 0.6) is 5.75 Å². The van der Waals surface area contributed by atoms with Gasteiger partial charge in [0.2, 0.25) is 0 Å². The third kappa shape index (κ3) is 2.70. The van der Waals surface area contributed by atoms with Crippen molar-refractivity contribution >= 4 is 28.9 Å². The summed E-state index contributed by atoms with van der Waals surface area (Å²) in [5.74, 6) is -0.150. The minimum atomic E-state index is -0.254. The highest BCUT2D eigenvalue weighted by atomic mass is 35.5. The predicted molar refractivity (Wildman–Crippen MR) is 81.3 cm³/mol. The Labute approximate surface area is 122 Å². The molecule has 0 spiro atoms. The lowest BCUT2D eigenvalue weighted by Crippen LogP contribution is -2.30. The molecule has 0 aromatic heterocycles. The van der Waals surface area contributed by atoms with Gasteiger partial charge in [-0.25, -0.2) is 0 Å². The van der Waals surface area contributed by atoms with Gasteiger partial charge in [0, 0.05) is 18.3 Å². The van der Waals surface area contributed by atoms with Gasteiger partial charge in [0.25, 0.3) is 5.91 Å². The number of phenolic OH excluding ortho intramolecular Hbond substituents is 1. The van der Waals surface area contributed by atoms with Crippen molar-refractivity contribution in [2.24, 2.45) is 0 Å². The summed E-state index contributed by atoms with van der Waals surface area (Å²) in [6.45, 7) is 2.30. The summed E-state index contributed by atoms with van der Waals surface area (Å²) in [6.07, 6.45) is 0. The SMILES string of the molecule is CCN(C(=O)c1cccc(N)c1Cl)c1cccc(O)c1. The minimum Gasteiger partial charge on any atom is -0.508 e. The third-order valence-electron chi connectivity index (χ3n) is 2.96. The number of hydrogen-bond donors (Lipinski definition) is 2. The van der Waals surface area contributed by atoms with Gasteiger partial charge >= 0.3 is 0 Å². The molecule has 0 aliphatic heterocycles. The lowest BCUT2D eigenvalue weighted by molar-refractivity contribution is 0.0988. The van der Waals surface area contributed by atoms with Crippen LogP contribution in [0.1, 0.15) is 17.3 Å². The van der Waals surface area contributed by atoms with Gasteiger partial charge in [0.15, 0.2) is 0 Å². The first-order valence-electron chi connectivity index (χ1n) is 6.19. The molecule has 0 heterocycles. The summed E-state index contributed by atoms with van der Waals surface area (Å²) in [6, 6.07) is 11.5. The maximum absolute atomic E-state index is 12.6. The predicted octanol–water partition coefficient (Wildman–Crippen LogP) is 3.29. The zero-order valence-electron chi connectivity index (χ0n) is 11.0. The van der Waals surface area contributed by atoms with E-state index in [9.17, 15) is 9.90 Å². The summed E-state index contributed by atoms with van der Waals surface area (Å²) < 4.78 is 0. The molecular weight excluding hydrogens is 276 g/mol. The van der Waals surface area contributed by atoms with Crippen molar-refractivity contribution in [1.82, 2.24) is 0 Å². The van der Waals surface area contributed by atoms with Crippen LogP contribution in [0, 0.1) is 0 Å². The van der Waals surface area contributed by atoms with Crippen molar-refractivity contribution in [2.75, 3.05) is 17.2 Å². The number of carbonyl (C=O) groups excluding carboxylic acids is 1. The lowest BCUT2D eigenvalue weighted by Gasteiger charge is -2.22. The molecule has 0 aliphatic rings. The molecule has 104 valence electrons. The summed E-state index contributed by atoms with van der Waals surface area (Å²) >= 11 is 6.09. The highest BCUT2D eigenvalue weighted by Crippen LogP contribution is 2.27. The number of nitrogens with two attached hydrogens (primary N) is 1. The summed E-state index contributed by atoms with van der Waals surface area (Å²) in [7, 11) is 0. The molecule has 1 amide bonds. The Hall–Kier alpha value is -2.20. The first-order chi connectivity index (χ1) is 9.54. The number of anilines is 2. The Bertz CT molecular complexity index is 644. The number of rotatable bonds is 3. The Morgan fingerprint density at radius 2 is 2.00 bits per heavy atom. The number of halogens is 1. The largest absolute Gasteiger partial charge is 0.508 e. The van der Waals surface area contributed by atoms with Crippen LogP contribution in [0.4, 0.5) is 11.4 Å². The molecule has 2 rings (SSSR count). The fraction of sp³-hybridized carbons (Fsp3) is 0.133. The van der Waals surface area contributed by atoms with E-state index >= 15 is 0 Å². The maximum atomic E-state index is 12.6. The van der Waals surface area contributed by atoms with Crippen molar-refractivity contribution in [3.05, 3.63) is 53.1 Å². The van der Waals surface area contributed by atoms with Crippen LogP contribution < -0.4 is 10.6 Å². The second-order valence-corrected chi connectivity index (χ2v) is 4.66. The molecule has 20 heavy (non-hydrogen) atoms. The molecule has 2 aromatic carbocycles. The first kappa shape index (κ1) is 14.2. The van der Waals surface area contributed by atoms with Gasteiger partial charge in [-0.3, -0.25) is 4.79 Å². The van der Waals surface area contributed by atoms with E-state index in [1.807, 2.05) is 6.92 Å². The van der Waals surface area contributed by atoms with Crippen molar-refractivity contribution in [1.29, 1.82) is 0 Å². The average Bonchev–Trinajstić information content (AvgIpc) is 2.42. The minimum absolute atomic E-state index is 0.104. The number of nitrogen functional groups attached to an aromatic ring is 1. The highest BCUT2D eigenvalue weighted by Gasteiger charge is 2.19. The Kier molecular flexibility index (Phi) is 4.15. The second kappa shape index (κ2) is 5.84. The molecule has 0 fully saturated rings. The van der Waals surface area contributed by atoms with Crippen molar-refractivity contribution < 1.29 is 9.90 Å². The van der Waals surface area contributed by atoms with Gasteiger partial charge in [-0.05, 0) is 31.2 Å². The topological polar surface area (TPSA) is 66.6 Å². The van der Waals surface area contributed by atoms with Crippen LogP contribution in [0.25, 0.3) is 0 Å². The number of aromatic hydroxyl groups is 1. The van der Waals surface area contributed by atoms with Crippen molar-refractivity contribution in [3.8, 4) is 5.75 Å². The van der Waals surface area contributed by atoms with Crippen LogP contribution in [-0.4, -0.2) is 17.6 Å². The van der Waals surface area contributed by atoms with Crippen LogP contribution >= 0.6 is 11.6 Å². The fourth-order valence-corrected chi connectivity index (χ4v) is 2.17. The number of hydrogen-bond acceptors (Lipinski definition) is 3. The van der Waals surface area contributed by atoms with Crippen molar-refractivity contribution in [3.63, 3.8) is 0 Å². The monoisotopic (exact) mass is 290 g/mol. The van der Waals surface area contributed by atoms with E-state index in [-0.39, 0.29) is 16.7 Å². The summed E-state index contributed by atoms with van der Waals surface area (Å²) in [4.78, 5) is 14.1. The zero-order chi connectivity index (χ0) is 14.7. The molecule has 0 atom stereocenters. The van der Waals surface area contributed by atoms with Crippen LogP contribution in [0.2, 0.25) is 5.02 Å². The van der Waals surface area contributed by atoms with Gasteiger partial charge in [-0.2, -0.15) is 0 Å². The normalized spacial score (nSPS) is 10.3. The maximum Gasteiger partial charge on any atom is 0.259 e. The Balaban J connectivity index is 2.42. The molecule has 5 heteroatoms. The van der Waals surface area contributed by atoms with Crippen molar-refractivity contribution in [2.45, 2.75) is 6.92 Å². The molecule has 2 aromatic rings. The van der Waals surface area contributed by atoms with Gasteiger partial charge in [0.1, 0.15) is 5.75 Å². The fourth-order valence-electron chi connectivity index (χ4n) is 1.96. The first-order valence-corrected chi connectivity index (χ1v) is 6.57. The van der Waals surface area contributed by atoms with Gasteiger partial charge in [0.05, 0.1) is 16.3 Å². The molecule has 0 aliphatic carbocycles. The van der Waals surface area contributed by atoms with E-state index in [1.54, 1.807) is 36.4 Å². The number of amides is 1. The Morgan fingerprint density at radius 3 is 2.65 bits per heavy atom. The summed E-state index contributed by atoms with van der Waals surface area (Å²) in [5.41, 5.74) is 7.04. The quantitative estimate of drug-likeness (QED) is 0.852. The van der Waals surface area contributed by atoms with E-state index in [0.29, 0.717) is 23.5 Å². The van der Waals surface area contributed by atoms with Crippen LogP contribution in [-0.2, 0) is 0 Å².